The number of carbonyl (C=O) groups is 3. The zero-order valence-electron chi connectivity index (χ0n) is 28.6. The number of nitro groups is 1. The van der Waals surface area contributed by atoms with Gasteiger partial charge in [0.25, 0.3) is 0 Å². The molecule has 1 spiro atoms. The Hall–Kier alpha value is -5.62. The van der Waals surface area contributed by atoms with Gasteiger partial charge in [-0.2, -0.15) is 5.26 Å². The Bertz CT molecular complexity index is 1930. The van der Waals surface area contributed by atoms with Crippen molar-refractivity contribution in [2.45, 2.75) is 69.1 Å². The minimum Gasteiger partial charge on any atom is -0.462 e. The van der Waals surface area contributed by atoms with E-state index in [9.17, 15) is 25.0 Å². The van der Waals surface area contributed by atoms with Gasteiger partial charge in [-0.15, -0.1) is 0 Å². The number of anilines is 1. The second kappa shape index (κ2) is 12.9. The Morgan fingerprint density at radius 1 is 0.863 bits per heavy atom. The number of rotatable bonds is 10. The van der Waals surface area contributed by atoms with Crippen LogP contribution in [-0.4, -0.2) is 34.7 Å². The SMILES string of the molecule is CC(C)OC(=O)[C@]1(C#N)[C@H](CC(=O)C2CC2)CCC([N+](=O)[O-])[C@]12C(=O)N(C(c1ccccc1)(c1ccccc1)c1ccccc1)c1ccccc12. The van der Waals surface area contributed by atoms with E-state index in [4.69, 9.17) is 4.74 Å². The van der Waals surface area contributed by atoms with E-state index >= 15 is 4.79 Å². The van der Waals surface area contributed by atoms with Gasteiger partial charge in [0.15, 0.2) is 10.8 Å². The third kappa shape index (κ3) is 4.91. The van der Waals surface area contributed by atoms with Gasteiger partial charge < -0.3 is 4.74 Å². The van der Waals surface area contributed by atoms with Crippen LogP contribution in [0.25, 0.3) is 0 Å². The molecule has 2 aliphatic carbocycles. The molecular weight excluding hydrogens is 642 g/mol. The number of nitrogens with zero attached hydrogens (tertiary/aromatic N) is 3. The monoisotopic (exact) mass is 681 g/mol. The Labute approximate surface area is 297 Å². The minimum atomic E-state index is -2.41. The molecule has 0 bridgehead atoms. The van der Waals surface area contributed by atoms with E-state index in [-0.39, 0.29) is 36.5 Å². The summed E-state index contributed by atoms with van der Waals surface area (Å²) in [7, 11) is 0. The van der Waals surface area contributed by atoms with Gasteiger partial charge in [0.2, 0.25) is 11.9 Å². The highest BCUT2D eigenvalue weighted by Gasteiger charge is 2.80. The summed E-state index contributed by atoms with van der Waals surface area (Å²) in [6.45, 7) is 3.27. The van der Waals surface area contributed by atoms with Crippen LogP contribution in [0.15, 0.2) is 115 Å². The molecule has 4 aromatic rings. The summed E-state index contributed by atoms with van der Waals surface area (Å²) in [6, 6.07) is 35.7. The van der Waals surface area contributed by atoms with Gasteiger partial charge in [0.05, 0.1) is 12.2 Å². The molecule has 0 aromatic heterocycles. The number of hydrogen-bond donors (Lipinski definition) is 0. The summed E-state index contributed by atoms with van der Waals surface area (Å²) < 4.78 is 5.86. The molecule has 258 valence electrons. The topological polar surface area (TPSA) is 131 Å². The molecule has 1 unspecified atom stereocenters. The number of esters is 1. The smallest absolute Gasteiger partial charge is 0.328 e. The number of fused-ring (bicyclic) bond motifs is 2. The molecule has 2 saturated carbocycles. The van der Waals surface area contributed by atoms with E-state index in [0.717, 1.165) is 0 Å². The fraction of sp³-hybridized carbons (Fsp3) is 0.333. The highest BCUT2D eigenvalue weighted by atomic mass is 16.6. The average molecular weight is 682 g/mol. The number of benzene rings is 4. The van der Waals surface area contributed by atoms with Crippen molar-refractivity contribution >= 4 is 23.3 Å². The van der Waals surface area contributed by atoms with E-state index in [1.165, 1.54) is 0 Å². The van der Waals surface area contributed by atoms with Crippen molar-refractivity contribution < 1.29 is 24.0 Å². The predicted octanol–water partition coefficient (Wildman–Crippen LogP) is 7.15. The lowest BCUT2D eigenvalue weighted by atomic mass is 9.47. The van der Waals surface area contributed by atoms with E-state index in [1.54, 1.807) is 43.0 Å². The van der Waals surface area contributed by atoms with Crippen LogP contribution >= 0.6 is 0 Å². The number of ether oxygens (including phenoxy) is 1. The second-order valence-electron chi connectivity index (χ2n) is 14.2. The molecule has 7 rings (SSSR count). The largest absolute Gasteiger partial charge is 0.462 e. The molecule has 9 nitrogen and oxygen atoms in total. The maximum Gasteiger partial charge on any atom is 0.328 e. The summed E-state index contributed by atoms with van der Waals surface area (Å²) >= 11 is 0. The van der Waals surface area contributed by atoms with Gasteiger partial charge in [-0.05, 0) is 61.8 Å². The zero-order chi connectivity index (χ0) is 36.0. The van der Waals surface area contributed by atoms with Crippen LogP contribution < -0.4 is 4.90 Å². The molecule has 4 aromatic carbocycles. The maximum atomic E-state index is 16.3. The molecule has 51 heavy (non-hydrogen) atoms. The van der Waals surface area contributed by atoms with Crippen LogP contribution in [-0.2, 0) is 30.1 Å². The van der Waals surface area contributed by atoms with Gasteiger partial charge in [-0.1, -0.05) is 109 Å². The molecule has 1 heterocycles. The second-order valence-corrected chi connectivity index (χ2v) is 14.2. The number of Topliss-reactive ketones (excluding diaryl/α,β-unsaturated/α-hetero) is 1. The fourth-order valence-corrected chi connectivity index (χ4v) is 8.93. The number of ketones is 1. The van der Waals surface area contributed by atoms with E-state index < -0.39 is 51.2 Å². The standard InChI is InChI=1S/C42H39N3O6/c1-28(2)51-39(48)40(27-43)33(26-36(46)29-22-23-29)24-25-37(45(49)50)41(40)34-20-12-13-21-35(34)44(38(41)47)42(30-14-6-3-7-15-30,31-16-8-4-9-17-31)32-18-10-5-11-19-32/h3-21,28-29,33,37H,22-26H2,1-2H3/t33-,37?,40-,41+/m0/s1. The van der Waals surface area contributed by atoms with Crippen LogP contribution in [0.3, 0.4) is 0 Å². The number of amides is 1. The van der Waals surface area contributed by atoms with Gasteiger partial charge in [0.1, 0.15) is 11.3 Å². The Morgan fingerprint density at radius 3 is 1.84 bits per heavy atom. The molecule has 4 atom stereocenters. The van der Waals surface area contributed by atoms with E-state index in [0.29, 0.717) is 35.2 Å². The zero-order valence-corrected chi connectivity index (χ0v) is 28.6. The third-order valence-electron chi connectivity index (χ3n) is 11.1. The van der Waals surface area contributed by atoms with Crippen molar-refractivity contribution in [2.75, 3.05) is 4.90 Å². The first-order valence-corrected chi connectivity index (χ1v) is 17.5. The van der Waals surface area contributed by atoms with Gasteiger partial charge in [-0.3, -0.25) is 29.4 Å². The van der Waals surface area contributed by atoms with Crippen molar-refractivity contribution in [1.82, 2.24) is 0 Å². The van der Waals surface area contributed by atoms with E-state index in [2.05, 4.69) is 6.07 Å². The summed E-state index contributed by atoms with van der Waals surface area (Å²) in [4.78, 5) is 59.2. The van der Waals surface area contributed by atoms with Crippen LogP contribution in [0.1, 0.15) is 68.2 Å². The minimum absolute atomic E-state index is 0.0310. The quantitative estimate of drug-likeness (QED) is 0.0752. The fourth-order valence-electron chi connectivity index (χ4n) is 8.93. The first-order chi connectivity index (χ1) is 24.6. The van der Waals surface area contributed by atoms with Crippen molar-refractivity contribution in [2.24, 2.45) is 17.3 Å². The summed E-state index contributed by atoms with van der Waals surface area (Å²) in [5, 5.41) is 25.0. The highest BCUT2D eigenvalue weighted by molar-refractivity contribution is 6.15. The third-order valence-corrected chi connectivity index (χ3v) is 11.1. The Balaban J connectivity index is 1.61. The Kier molecular flexibility index (Phi) is 8.58. The summed E-state index contributed by atoms with van der Waals surface area (Å²) in [5.41, 5.74) is -3.52. The molecule has 1 aliphatic heterocycles. The van der Waals surface area contributed by atoms with Gasteiger partial charge >= 0.3 is 5.97 Å². The molecule has 3 aliphatic rings. The summed E-state index contributed by atoms with van der Waals surface area (Å²) in [6.07, 6.45) is 0.491. The Morgan fingerprint density at radius 2 is 1.37 bits per heavy atom. The van der Waals surface area contributed by atoms with E-state index in [1.807, 2.05) is 91.0 Å². The maximum absolute atomic E-state index is 16.3. The van der Waals surface area contributed by atoms with Crippen LogP contribution in [0.5, 0.6) is 0 Å². The van der Waals surface area contributed by atoms with Crippen molar-refractivity contribution in [3.05, 3.63) is 148 Å². The molecule has 9 heteroatoms. The van der Waals surface area contributed by atoms with Gasteiger partial charge in [0, 0.05) is 34.9 Å². The van der Waals surface area contributed by atoms with Crippen molar-refractivity contribution in [3.63, 3.8) is 0 Å². The lowest BCUT2D eigenvalue weighted by Crippen LogP contribution is -2.70. The first-order valence-electron chi connectivity index (χ1n) is 17.5. The number of hydrogen-bond acceptors (Lipinski definition) is 7. The molecule has 0 saturated heterocycles. The predicted molar refractivity (Wildman–Crippen MR) is 190 cm³/mol. The number of para-hydroxylation sites is 1. The molecule has 2 fully saturated rings. The molecular formula is C42H39N3O6. The number of carbonyl (C=O) groups excluding carboxylic acids is 3. The van der Waals surface area contributed by atoms with Crippen LogP contribution in [0.4, 0.5) is 5.69 Å². The molecule has 0 radical (unpaired) electrons. The molecule has 0 N–H and O–H groups in total. The van der Waals surface area contributed by atoms with Crippen molar-refractivity contribution in [3.8, 4) is 6.07 Å². The lowest BCUT2D eigenvalue weighted by Gasteiger charge is -2.51. The van der Waals surface area contributed by atoms with Crippen molar-refractivity contribution in [1.29, 1.82) is 5.26 Å². The number of nitriles is 1. The average Bonchev–Trinajstić information content (AvgIpc) is 3.97. The normalized spacial score (nSPS) is 24.2. The first kappa shape index (κ1) is 33.9. The lowest BCUT2D eigenvalue weighted by molar-refractivity contribution is -0.540. The highest BCUT2D eigenvalue weighted by Crippen LogP contribution is 2.65. The summed E-state index contributed by atoms with van der Waals surface area (Å²) in [5.74, 6) is -3.07. The molecule has 1 amide bonds. The van der Waals surface area contributed by atoms with Crippen LogP contribution in [0, 0.1) is 38.7 Å². The van der Waals surface area contributed by atoms with Crippen LogP contribution in [0.2, 0.25) is 0 Å². The van der Waals surface area contributed by atoms with Gasteiger partial charge in [-0.25, -0.2) is 0 Å².